The van der Waals surface area contributed by atoms with E-state index in [-0.39, 0.29) is 5.78 Å². The third-order valence-electron chi connectivity index (χ3n) is 1.91. The number of allylic oxidation sites excluding steroid dienone is 4. The Kier molecular flexibility index (Phi) is 2.05. The van der Waals surface area contributed by atoms with Crippen LogP contribution in [0.2, 0.25) is 0 Å². The van der Waals surface area contributed by atoms with Crippen molar-refractivity contribution in [3.8, 4) is 0 Å². The van der Waals surface area contributed by atoms with Gasteiger partial charge in [0.1, 0.15) is 0 Å². The number of Topliss-reactive ketones (excluding diaryl/α,β-unsaturated/α-hetero) is 1. The minimum Gasteiger partial charge on any atom is -0.295 e. The zero-order chi connectivity index (χ0) is 7.56. The highest BCUT2D eigenvalue weighted by Crippen LogP contribution is 2.19. The SMILES string of the molecule is CC(=O)/C(C)=C1\C=CCC1. The molecule has 0 aromatic heterocycles. The first-order valence-corrected chi connectivity index (χ1v) is 3.59. The van der Waals surface area contributed by atoms with E-state index in [1.54, 1.807) is 6.92 Å². The number of carbonyl (C=O) groups excluding carboxylic acids is 1. The maximum Gasteiger partial charge on any atom is 0.155 e. The van der Waals surface area contributed by atoms with Crippen molar-refractivity contribution in [2.45, 2.75) is 26.7 Å². The van der Waals surface area contributed by atoms with Crippen molar-refractivity contribution < 1.29 is 4.79 Å². The third kappa shape index (κ3) is 1.35. The highest BCUT2D eigenvalue weighted by atomic mass is 16.1. The van der Waals surface area contributed by atoms with Crippen LogP contribution >= 0.6 is 0 Å². The van der Waals surface area contributed by atoms with Gasteiger partial charge in [-0.05, 0) is 37.8 Å². The van der Waals surface area contributed by atoms with Crippen LogP contribution in [0.15, 0.2) is 23.3 Å². The van der Waals surface area contributed by atoms with Crippen molar-refractivity contribution >= 4 is 5.78 Å². The van der Waals surface area contributed by atoms with E-state index in [1.165, 1.54) is 5.57 Å². The summed E-state index contributed by atoms with van der Waals surface area (Å²) in [7, 11) is 0. The highest BCUT2D eigenvalue weighted by molar-refractivity contribution is 5.93. The lowest BCUT2D eigenvalue weighted by Crippen LogP contribution is -1.94. The van der Waals surface area contributed by atoms with Gasteiger partial charge in [-0.1, -0.05) is 12.2 Å². The molecule has 0 N–H and O–H groups in total. The summed E-state index contributed by atoms with van der Waals surface area (Å²) in [4.78, 5) is 10.8. The summed E-state index contributed by atoms with van der Waals surface area (Å²) >= 11 is 0. The molecule has 0 aliphatic heterocycles. The van der Waals surface area contributed by atoms with Gasteiger partial charge in [0.15, 0.2) is 5.78 Å². The Labute approximate surface area is 61.4 Å². The van der Waals surface area contributed by atoms with E-state index in [1.807, 2.05) is 6.92 Å². The molecular weight excluding hydrogens is 124 g/mol. The summed E-state index contributed by atoms with van der Waals surface area (Å²) in [6.45, 7) is 3.52. The van der Waals surface area contributed by atoms with Gasteiger partial charge >= 0.3 is 0 Å². The van der Waals surface area contributed by atoms with Crippen molar-refractivity contribution in [1.82, 2.24) is 0 Å². The van der Waals surface area contributed by atoms with Crippen LogP contribution in [0, 0.1) is 0 Å². The maximum absolute atomic E-state index is 10.8. The first-order chi connectivity index (χ1) is 4.72. The molecule has 1 aliphatic carbocycles. The summed E-state index contributed by atoms with van der Waals surface area (Å²) in [5.74, 6) is 0.196. The number of hydrogen-bond acceptors (Lipinski definition) is 1. The van der Waals surface area contributed by atoms with Crippen LogP contribution in [0.4, 0.5) is 0 Å². The predicted molar refractivity (Wildman–Crippen MR) is 41.8 cm³/mol. The van der Waals surface area contributed by atoms with Gasteiger partial charge in [-0.15, -0.1) is 0 Å². The molecular formula is C9H12O. The van der Waals surface area contributed by atoms with Crippen LogP contribution in [0.5, 0.6) is 0 Å². The molecule has 0 saturated carbocycles. The molecule has 0 spiro atoms. The molecule has 0 unspecified atom stereocenters. The van der Waals surface area contributed by atoms with E-state index < -0.39 is 0 Å². The molecule has 1 heteroatoms. The Balaban J connectivity index is 2.84. The molecule has 0 amide bonds. The summed E-state index contributed by atoms with van der Waals surface area (Å²) in [6.07, 6.45) is 6.31. The second-order valence-corrected chi connectivity index (χ2v) is 2.65. The van der Waals surface area contributed by atoms with Crippen molar-refractivity contribution in [1.29, 1.82) is 0 Å². The van der Waals surface area contributed by atoms with Crippen LogP contribution in [0.3, 0.4) is 0 Å². The van der Waals surface area contributed by atoms with Gasteiger partial charge < -0.3 is 0 Å². The van der Waals surface area contributed by atoms with Crippen LogP contribution in [0.1, 0.15) is 26.7 Å². The number of ketones is 1. The monoisotopic (exact) mass is 136 g/mol. The fourth-order valence-corrected chi connectivity index (χ4v) is 1.09. The maximum atomic E-state index is 10.8. The first kappa shape index (κ1) is 7.26. The molecule has 0 aromatic rings. The molecule has 0 heterocycles. The summed E-state index contributed by atoms with van der Waals surface area (Å²) in [5, 5.41) is 0. The zero-order valence-electron chi connectivity index (χ0n) is 6.48. The van der Waals surface area contributed by atoms with Gasteiger partial charge in [0.2, 0.25) is 0 Å². The number of carbonyl (C=O) groups is 1. The van der Waals surface area contributed by atoms with E-state index in [9.17, 15) is 4.79 Å². The van der Waals surface area contributed by atoms with E-state index in [4.69, 9.17) is 0 Å². The average Bonchev–Trinajstić information content (AvgIpc) is 2.36. The third-order valence-corrected chi connectivity index (χ3v) is 1.91. The van der Waals surface area contributed by atoms with Crippen LogP contribution in [-0.2, 0) is 4.79 Å². The quantitative estimate of drug-likeness (QED) is 0.505. The first-order valence-electron chi connectivity index (χ1n) is 3.59. The van der Waals surface area contributed by atoms with Crippen LogP contribution in [-0.4, -0.2) is 5.78 Å². The lowest BCUT2D eigenvalue weighted by atomic mass is 10.1. The van der Waals surface area contributed by atoms with Gasteiger partial charge in [0.25, 0.3) is 0 Å². The van der Waals surface area contributed by atoms with E-state index >= 15 is 0 Å². The second kappa shape index (κ2) is 2.82. The lowest BCUT2D eigenvalue weighted by molar-refractivity contribution is -0.113. The Morgan fingerprint density at radius 3 is 2.60 bits per heavy atom. The standard InChI is InChI=1S/C9H12O/c1-7(8(2)10)9-5-3-4-6-9/h3,5H,4,6H2,1-2H3/b9-7+. The van der Waals surface area contributed by atoms with Gasteiger partial charge in [0.05, 0.1) is 0 Å². The van der Waals surface area contributed by atoms with E-state index in [2.05, 4.69) is 12.2 Å². The van der Waals surface area contributed by atoms with E-state index in [0.717, 1.165) is 18.4 Å². The average molecular weight is 136 g/mol. The Bertz CT molecular complexity index is 209. The minimum atomic E-state index is 0.196. The molecule has 10 heavy (non-hydrogen) atoms. The zero-order valence-corrected chi connectivity index (χ0v) is 6.48. The molecule has 1 aliphatic rings. The number of hydrogen-bond donors (Lipinski definition) is 0. The molecule has 0 radical (unpaired) electrons. The van der Waals surface area contributed by atoms with Gasteiger partial charge in [-0.25, -0.2) is 0 Å². The summed E-state index contributed by atoms with van der Waals surface area (Å²) in [5.41, 5.74) is 2.14. The fraction of sp³-hybridized carbons (Fsp3) is 0.444. The largest absolute Gasteiger partial charge is 0.295 e. The van der Waals surface area contributed by atoms with Crippen molar-refractivity contribution in [3.63, 3.8) is 0 Å². The van der Waals surface area contributed by atoms with Gasteiger partial charge in [-0.2, -0.15) is 0 Å². The summed E-state index contributed by atoms with van der Waals surface area (Å²) < 4.78 is 0. The molecule has 0 bridgehead atoms. The highest BCUT2D eigenvalue weighted by Gasteiger charge is 2.06. The Hall–Kier alpha value is -0.850. The summed E-state index contributed by atoms with van der Waals surface area (Å²) in [6, 6.07) is 0. The molecule has 0 fully saturated rings. The van der Waals surface area contributed by atoms with Crippen molar-refractivity contribution in [2.75, 3.05) is 0 Å². The Morgan fingerprint density at radius 2 is 2.20 bits per heavy atom. The predicted octanol–water partition coefficient (Wildman–Crippen LogP) is 2.24. The molecule has 1 rings (SSSR count). The molecule has 1 nitrogen and oxygen atoms in total. The smallest absolute Gasteiger partial charge is 0.155 e. The van der Waals surface area contributed by atoms with Crippen molar-refractivity contribution in [3.05, 3.63) is 23.3 Å². The number of rotatable bonds is 1. The van der Waals surface area contributed by atoms with Crippen LogP contribution < -0.4 is 0 Å². The van der Waals surface area contributed by atoms with Gasteiger partial charge in [0, 0.05) is 0 Å². The lowest BCUT2D eigenvalue weighted by Gasteiger charge is -1.97. The topological polar surface area (TPSA) is 17.1 Å². The van der Waals surface area contributed by atoms with Crippen LogP contribution in [0.25, 0.3) is 0 Å². The molecule has 0 atom stereocenters. The molecule has 54 valence electrons. The molecule has 0 aromatic carbocycles. The molecule has 0 saturated heterocycles. The normalized spacial score (nSPS) is 21.4. The second-order valence-electron chi connectivity index (χ2n) is 2.65. The van der Waals surface area contributed by atoms with E-state index in [0.29, 0.717) is 0 Å². The minimum absolute atomic E-state index is 0.196. The van der Waals surface area contributed by atoms with Gasteiger partial charge in [-0.3, -0.25) is 4.79 Å². The fourth-order valence-electron chi connectivity index (χ4n) is 1.09. The Morgan fingerprint density at radius 1 is 1.50 bits per heavy atom. The van der Waals surface area contributed by atoms with Crippen molar-refractivity contribution in [2.24, 2.45) is 0 Å².